The first-order chi connectivity index (χ1) is 6.06. The maximum absolute atomic E-state index is 5.69. The number of hydrogen-bond donors (Lipinski definition) is 2. The summed E-state index contributed by atoms with van der Waals surface area (Å²) in [4.78, 5) is 0. The Morgan fingerprint density at radius 3 is 2.23 bits per heavy atom. The van der Waals surface area contributed by atoms with Crippen LogP contribution in [0.2, 0.25) is 6.55 Å². The van der Waals surface area contributed by atoms with Gasteiger partial charge in [0.05, 0.1) is 13.2 Å². The van der Waals surface area contributed by atoms with Crippen LogP contribution in [0.4, 0.5) is 0 Å². The minimum Gasteiger partial charge on any atom is -0.395 e. The van der Waals surface area contributed by atoms with Gasteiger partial charge in [-0.2, -0.15) is 0 Å². The first-order valence-electron chi connectivity index (χ1n) is 4.80. The van der Waals surface area contributed by atoms with Crippen molar-refractivity contribution in [3.63, 3.8) is 0 Å². The summed E-state index contributed by atoms with van der Waals surface area (Å²) in [5.41, 5.74) is 11.2. The van der Waals surface area contributed by atoms with Gasteiger partial charge in [0.25, 0.3) is 0 Å². The number of rotatable bonds is 7. The molecule has 4 nitrogen and oxygen atoms in total. The molecule has 5 heteroatoms. The summed E-state index contributed by atoms with van der Waals surface area (Å²) in [5.74, 6) is 0. The topological polar surface area (TPSA) is 70.5 Å². The lowest BCUT2D eigenvalue weighted by molar-refractivity contribution is 0.184. The highest BCUT2D eigenvalue weighted by molar-refractivity contribution is 6.42. The van der Waals surface area contributed by atoms with E-state index in [9.17, 15) is 0 Å². The third kappa shape index (κ3) is 8.39. The lowest BCUT2D eigenvalue weighted by atomic mass is 10.3. The standard InChI is InChI=1S/C8H22N2O2Si/c1-4-8(10)6-12-13(3)11-5-7(2)9/h7-8,13H,4-6,9-10H2,1-3H3. The molecule has 0 rings (SSSR count). The minimum absolute atomic E-state index is 0.0819. The zero-order chi connectivity index (χ0) is 10.3. The van der Waals surface area contributed by atoms with E-state index in [1.165, 1.54) is 0 Å². The number of nitrogens with two attached hydrogens (primary N) is 2. The van der Waals surface area contributed by atoms with E-state index in [0.29, 0.717) is 13.2 Å². The fraction of sp³-hybridized carbons (Fsp3) is 1.00. The van der Waals surface area contributed by atoms with Gasteiger partial charge < -0.3 is 20.3 Å². The molecule has 13 heavy (non-hydrogen) atoms. The average molecular weight is 206 g/mol. The van der Waals surface area contributed by atoms with Crippen molar-refractivity contribution < 1.29 is 8.85 Å². The highest BCUT2D eigenvalue weighted by Gasteiger charge is 2.08. The van der Waals surface area contributed by atoms with Gasteiger partial charge in [-0.05, 0) is 19.9 Å². The van der Waals surface area contributed by atoms with Crippen LogP contribution in [0.25, 0.3) is 0 Å². The van der Waals surface area contributed by atoms with Crippen molar-refractivity contribution in [1.29, 1.82) is 0 Å². The van der Waals surface area contributed by atoms with E-state index in [2.05, 4.69) is 0 Å². The Labute approximate surface area is 82.4 Å². The quantitative estimate of drug-likeness (QED) is 0.573. The Morgan fingerprint density at radius 2 is 1.77 bits per heavy atom. The van der Waals surface area contributed by atoms with Crippen molar-refractivity contribution in [3.05, 3.63) is 0 Å². The Bertz CT molecular complexity index is 125. The zero-order valence-electron chi connectivity index (χ0n) is 8.82. The zero-order valence-corrected chi connectivity index (χ0v) is 9.98. The van der Waals surface area contributed by atoms with Crippen LogP contribution in [0.1, 0.15) is 20.3 Å². The van der Waals surface area contributed by atoms with E-state index in [-0.39, 0.29) is 12.1 Å². The van der Waals surface area contributed by atoms with E-state index in [1.54, 1.807) is 0 Å². The second kappa shape index (κ2) is 7.46. The molecule has 0 heterocycles. The number of hydrogen-bond acceptors (Lipinski definition) is 4. The Kier molecular flexibility index (Phi) is 7.49. The van der Waals surface area contributed by atoms with E-state index >= 15 is 0 Å². The predicted octanol–water partition coefficient (Wildman–Crippen LogP) is -0.0456. The molecule has 3 atom stereocenters. The molecule has 0 amide bonds. The summed E-state index contributed by atoms with van der Waals surface area (Å²) in [7, 11) is -1.49. The summed E-state index contributed by atoms with van der Waals surface area (Å²) < 4.78 is 10.9. The summed E-state index contributed by atoms with van der Waals surface area (Å²) in [5, 5.41) is 0. The maximum Gasteiger partial charge on any atom is 0.318 e. The molecular formula is C8H22N2O2Si. The molecule has 0 spiro atoms. The van der Waals surface area contributed by atoms with Crippen LogP contribution in [-0.4, -0.2) is 34.6 Å². The van der Waals surface area contributed by atoms with Gasteiger partial charge in [-0.1, -0.05) is 6.92 Å². The molecule has 0 bridgehead atoms. The second-order valence-electron chi connectivity index (χ2n) is 3.38. The van der Waals surface area contributed by atoms with E-state index in [4.69, 9.17) is 20.3 Å². The molecule has 3 unspecified atom stereocenters. The van der Waals surface area contributed by atoms with Crippen LogP contribution in [0.3, 0.4) is 0 Å². The van der Waals surface area contributed by atoms with Gasteiger partial charge in [-0.3, -0.25) is 0 Å². The molecule has 0 fully saturated rings. The predicted molar refractivity (Wildman–Crippen MR) is 56.8 cm³/mol. The molecule has 0 radical (unpaired) electrons. The highest BCUT2D eigenvalue weighted by Crippen LogP contribution is 1.94. The molecule has 0 aromatic carbocycles. The second-order valence-corrected chi connectivity index (χ2v) is 5.18. The van der Waals surface area contributed by atoms with Gasteiger partial charge in [-0.15, -0.1) is 0 Å². The Hall–Kier alpha value is 0.0569. The van der Waals surface area contributed by atoms with E-state index < -0.39 is 9.28 Å². The van der Waals surface area contributed by atoms with Gasteiger partial charge in [-0.25, -0.2) is 0 Å². The van der Waals surface area contributed by atoms with Crippen molar-refractivity contribution in [2.75, 3.05) is 13.2 Å². The lowest BCUT2D eigenvalue weighted by Gasteiger charge is -2.16. The van der Waals surface area contributed by atoms with Gasteiger partial charge in [0, 0.05) is 12.1 Å². The van der Waals surface area contributed by atoms with E-state index in [1.807, 2.05) is 20.4 Å². The fourth-order valence-corrected chi connectivity index (χ4v) is 1.90. The summed E-state index contributed by atoms with van der Waals surface area (Å²) >= 11 is 0. The smallest absolute Gasteiger partial charge is 0.318 e. The van der Waals surface area contributed by atoms with Crippen LogP contribution in [0.15, 0.2) is 0 Å². The van der Waals surface area contributed by atoms with Crippen LogP contribution < -0.4 is 11.5 Å². The molecule has 0 aliphatic rings. The maximum atomic E-state index is 5.69. The van der Waals surface area contributed by atoms with Crippen molar-refractivity contribution in [1.82, 2.24) is 0 Å². The van der Waals surface area contributed by atoms with Crippen molar-refractivity contribution in [2.24, 2.45) is 11.5 Å². The van der Waals surface area contributed by atoms with Gasteiger partial charge in [0.1, 0.15) is 0 Å². The van der Waals surface area contributed by atoms with Gasteiger partial charge >= 0.3 is 9.28 Å². The normalized spacial score (nSPS) is 18.2. The van der Waals surface area contributed by atoms with E-state index in [0.717, 1.165) is 6.42 Å². The molecule has 0 aromatic heterocycles. The van der Waals surface area contributed by atoms with Crippen LogP contribution in [0, 0.1) is 0 Å². The minimum atomic E-state index is -1.49. The SMILES string of the molecule is CCC(N)CO[SiH](C)OCC(C)N. The van der Waals surface area contributed by atoms with Crippen LogP contribution >= 0.6 is 0 Å². The highest BCUT2D eigenvalue weighted by atomic mass is 28.3. The molecule has 80 valence electrons. The fourth-order valence-electron chi connectivity index (χ4n) is 0.712. The Balaban J connectivity index is 3.34. The molecule has 0 aliphatic carbocycles. The molecule has 4 N–H and O–H groups in total. The third-order valence-electron chi connectivity index (χ3n) is 1.66. The molecular weight excluding hydrogens is 184 g/mol. The largest absolute Gasteiger partial charge is 0.395 e. The van der Waals surface area contributed by atoms with Crippen molar-refractivity contribution in [2.45, 2.75) is 38.9 Å². The first-order valence-corrected chi connectivity index (χ1v) is 6.90. The van der Waals surface area contributed by atoms with Crippen LogP contribution in [0.5, 0.6) is 0 Å². The summed E-state index contributed by atoms with van der Waals surface area (Å²) in [6, 6.07) is 0.215. The Morgan fingerprint density at radius 1 is 1.23 bits per heavy atom. The van der Waals surface area contributed by atoms with Gasteiger partial charge in [0.2, 0.25) is 0 Å². The molecule has 0 aromatic rings. The summed E-state index contributed by atoms with van der Waals surface area (Å²) in [6.45, 7) is 7.13. The summed E-state index contributed by atoms with van der Waals surface area (Å²) in [6.07, 6.45) is 0.939. The lowest BCUT2D eigenvalue weighted by Crippen LogP contribution is -2.33. The first kappa shape index (κ1) is 13.1. The molecule has 0 saturated carbocycles. The van der Waals surface area contributed by atoms with Crippen molar-refractivity contribution >= 4 is 9.28 Å². The molecule has 0 aliphatic heterocycles. The van der Waals surface area contributed by atoms with Crippen molar-refractivity contribution in [3.8, 4) is 0 Å². The third-order valence-corrected chi connectivity index (χ3v) is 2.99. The van der Waals surface area contributed by atoms with Crippen LogP contribution in [-0.2, 0) is 8.85 Å². The monoisotopic (exact) mass is 206 g/mol. The molecule has 0 saturated heterocycles. The average Bonchev–Trinajstić information content (AvgIpc) is 2.10. The van der Waals surface area contributed by atoms with Gasteiger partial charge in [0.15, 0.2) is 0 Å².